The molecule has 0 unspecified atom stereocenters. The maximum absolute atomic E-state index is 12.4. The van der Waals surface area contributed by atoms with Crippen LogP contribution < -0.4 is 4.74 Å². The maximum atomic E-state index is 12.4. The van der Waals surface area contributed by atoms with Crippen molar-refractivity contribution in [3.05, 3.63) is 84.2 Å². The summed E-state index contributed by atoms with van der Waals surface area (Å²) in [6.45, 7) is 0.644. The van der Waals surface area contributed by atoms with Crippen molar-refractivity contribution in [2.45, 2.75) is 11.9 Å². The van der Waals surface area contributed by atoms with Crippen molar-refractivity contribution in [2.24, 2.45) is 0 Å². The summed E-state index contributed by atoms with van der Waals surface area (Å²) in [5.41, 5.74) is 3.37. The smallest absolute Gasteiger partial charge is 0.234 e. The molecule has 2 aromatic carbocycles. The molecule has 1 amide bonds. The van der Waals surface area contributed by atoms with E-state index in [1.54, 1.807) is 18.9 Å². The van der Waals surface area contributed by atoms with Gasteiger partial charge in [0.25, 0.3) is 0 Å². The van der Waals surface area contributed by atoms with Crippen molar-refractivity contribution in [1.29, 1.82) is 0 Å². The van der Waals surface area contributed by atoms with Crippen LogP contribution in [0.5, 0.6) is 5.75 Å². The highest BCUT2D eigenvalue weighted by molar-refractivity contribution is 8.00. The quantitative estimate of drug-likeness (QED) is 0.678. The second kappa shape index (κ2) is 7.30. The van der Waals surface area contributed by atoms with Crippen LogP contribution in [0.2, 0.25) is 0 Å². The van der Waals surface area contributed by atoms with Crippen molar-refractivity contribution in [2.75, 3.05) is 12.9 Å². The highest BCUT2D eigenvalue weighted by atomic mass is 32.2. The summed E-state index contributed by atoms with van der Waals surface area (Å²) in [5.74, 6) is 1.57. The van der Waals surface area contributed by atoms with Gasteiger partial charge in [-0.05, 0) is 35.9 Å². The minimum absolute atomic E-state index is 0.0576. The Balaban J connectivity index is 1.56. The first-order chi connectivity index (χ1) is 12.7. The van der Waals surface area contributed by atoms with E-state index in [2.05, 4.69) is 29.0 Å². The molecule has 0 N–H and O–H groups in total. The molecule has 1 fully saturated rings. The fourth-order valence-electron chi connectivity index (χ4n) is 3.16. The summed E-state index contributed by atoms with van der Waals surface area (Å²) in [5, 5.41) is 0.0576. The first kappa shape index (κ1) is 16.8. The number of carbonyl (C=O) groups is 1. The fraction of sp³-hybridized carbons (Fsp3) is 0.190. The van der Waals surface area contributed by atoms with Crippen LogP contribution in [-0.4, -0.2) is 28.2 Å². The molecular formula is C21H20N2O2S. The SMILES string of the molecule is COc1ccc(-n2ccc([C@H]3SCC(=O)N3Cc3ccccc3)c2)cc1. The number of aromatic nitrogens is 1. The predicted octanol–water partition coefficient (Wildman–Crippen LogP) is 4.26. The number of carbonyl (C=O) groups excluding carboxylic acids is 1. The van der Waals surface area contributed by atoms with Gasteiger partial charge in [-0.3, -0.25) is 4.79 Å². The van der Waals surface area contributed by atoms with Gasteiger partial charge < -0.3 is 14.2 Å². The summed E-state index contributed by atoms with van der Waals surface area (Å²) in [4.78, 5) is 14.4. The van der Waals surface area contributed by atoms with Crippen molar-refractivity contribution in [1.82, 2.24) is 9.47 Å². The predicted molar refractivity (Wildman–Crippen MR) is 105 cm³/mol. The maximum Gasteiger partial charge on any atom is 0.234 e. The topological polar surface area (TPSA) is 34.5 Å². The summed E-state index contributed by atoms with van der Waals surface area (Å²) in [6.07, 6.45) is 4.15. The summed E-state index contributed by atoms with van der Waals surface area (Å²) >= 11 is 1.69. The largest absolute Gasteiger partial charge is 0.497 e. The van der Waals surface area contributed by atoms with E-state index in [0.717, 1.165) is 22.6 Å². The monoisotopic (exact) mass is 364 g/mol. The minimum atomic E-state index is 0.0576. The number of amides is 1. The molecule has 0 radical (unpaired) electrons. The Kier molecular flexibility index (Phi) is 4.71. The fourth-order valence-corrected chi connectivity index (χ4v) is 4.33. The molecule has 1 atom stereocenters. The Bertz CT molecular complexity index is 890. The van der Waals surface area contributed by atoms with Crippen LogP contribution in [0, 0.1) is 0 Å². The van der Waals surface area contributed by atoms with Gasteiger partial charge in [0.15, 0.2) is 0 Å². The molecular weight excluding hydrogens is 344 g/mol. The van der Waals surface area contributed by atoms with Gasteiger partial charge in [-0.1, -0.05) is 30.3 Å². The van der Waals surface area contributed by atoms with Crippen LogP contribution in [0.3, 0.4) is 0 Å². The Morgan fingerprint density at radius 1 is 1.08 bits per heavy atom. The number of benzene rings is 2. The average molecular weight is 364 g/mol. The van der Waals surface area contributed by atoms with Crippen LogP contribution >= 0.6 is 11.8 Å². The third-order valence-electron chi connectivity index (χ3n) is 4.54. The molecule has 1 saturated heterocycles. The van der Waals surface area contributed by atoms with Gasteiger partial charge in [-0.15, -0.1) is 11.8 Å². The molecule has 1 aliphatic heterocycles. The van der Waals surface area contributed by atoms with E-state index in [-0.39, 0.29) is 11.3 Å². The lowest BCUT2D eigenvalue weighted by Crippen LogP contribution is -2.27. The van der Waals surface area contributed by atoms with Gasteiger partial charge in [0, 0.05) is 30.2 Å². The molecule has 5 heteroatoms. The lowest BCUT2D eigenvalue weighted by Gasteiger charge is -2.23. The van der Waals surface area contributed by atoms with E-state index in [9.17, 15) is 4.79 Å². The second-order valence-corrected chi connectivity index (χ2v) is 7.29. The zero-order valence-corrected chi connectivity index (χ0v) is 15.4. The van der Waals surface area contributed by atoms with Gasteiger partial charge >= 0.3 is 0 Å². The number of rotatable bonds is 5. The molecule has 2 heterocycles. The van der Waals surface area contributed by atoms with Gasteiger partial charge in [0.2, 0.25) is 5.91 Å². The van der Waals surface area contributed by atoms with E-state index < -0.39 is 0 Å². The summed E-state index contributed by atoms with van der Waals surface area (Å²) < 4.78 is 7.30. The van der Waals surface area contributed by atoms with Crippen LogP contribution in [0.25, 0.3) is 5.69 Å². The van der Waals surface area contributed by atoms with Crippen molar-refractivity contribution in [3.8, 4) is 11.4 Å². The molecule has 0 saturated carbocycles. The zero-order valence-electron chi connectivity index (χ0n) is 14.5. The second-order valence-electron chi connectivity index (χ2n) is 6.22. The van der Waals surface area contributed by atoms with Crippen molar-refractivity contribution in [3.63, 3.8) is 0 Å². The van der Waals surface area contributed by atoms with Gasteiger partial charge in [0.05, 0.1) is 12.9 Å². The molecule has 3 aromatic rings. The molecule has 0 bridgehead atoms. The van der Waals surface area contributed by atoms with E-state index in [4.69, 9.17) is 4.74 Å². The Morgan fingerprint density at radius 3 is 2.58 bits per heavy atom. The van der Waals surface area contributed by atoms with Crippen LogP contribution in [-0.2, 0) is 11.3 Å². The third kappa shape index (κ3) is 3.35. The van der Waals surface area contributed by atoms with Gasteiger partial charge in [0.1, 0.15) is 11.1 Å². The Labute approximate surface area is 157 Å². The lowest BCUT2D eigenvalue weighted by atomic mass is 10.2. The van der Waals surface area contributed by atoms with E-state index >= 15 is 0 Å². The van der Waals surface area contributed by atoms with E-state index in [1.165, 1.54) is 0 Å². The van der Waals surface area contributed by atoms with E-state index in [0.29, 0.717) is 12.3 Å². The van der Waals surface area contributed by atoms with Gasteiger partial charge in [-0.2, -0.15) is 0 Å². The number of methoxy groups -OCH3 is 1. The molecule has 26 heavy (non-hydrogen) atoms. The van der Waals surface area contributed by atoms with E-state index in [1.807, 2.05) is 53.6 Å². The third-order valence-corrected chi connectivity index (χ3v) is 5.79. The van der Waals surface area contributed by atoms with Crippen LogP contribution in [0.1, 0.15) is 16.5 Å². The highest BCUT2D eigenvalue weighted by Crippen LogP contribution is 2.40. The Morgan fingerprint density at radius 2 is 1.85 bits per heavy atom. The lowest BCUT2D eigenvalue weighted by molar-refractivity contribution is -0.128. The number of hydrogen-bond donors (Lipinski definition) is 0. The standard InChI is InChI=1S/C21H20N2O2S/c1-25-19-9-7-18(8-10-19)22-12-11-17(14-22)21-23(20(24)15-26-21)13-16-5-3-2-4-6-16/h2-12,14,21H,13,15H2,1H3/t21-/m1/s1. The first-order valence-electron chi connectivity index (χ1n) is 8.52. The van der Waals surface area contributed by atoms with Gasteiger partial charge in [-0.25, -0.2) is 0 Å². The van der Waals surface area contributed by atoms with Crippen LogP contribution in [0.15, 0.2) is 73.1 Å². The molecule has 0 aliphatic carbocycles. The first-order valence-corrected chi connectivity index (χ1v) is 9.57. The van der Waals surface area contributed by atoms with Crippen molar-refractivity contribution >= 4 is 17.7 Å². The average Bonchev–Trinajstić information content (AvgIpc) is 3.30. The molecule has 4 rings (SSSR count). The molecule has 1 aromatic heterocycles. The Hall–Kier alpha value is -2.66. The normalized spacial score (nSPS) is 16.9. The molecule has 4 nitrogen and oxygen atoms in total. The minimum Gasteiger partial charge on any atom is -0.497 e. The number of ether oxygens (including phenoxy) is 1. The summed E-state index contributed by atoms with van der Waals surface area (Å²) in [7, 11) is 1.67. The number of hydrogen-bond acceptors (Lipinski definition) is 3. The number of thioether (sulfide) groups is 1. The number of nitrogens with zero attached hydrogens (tertiary/aromatic N) is 2. The van der Waals surface area contributed by atoms with Crippen molar-refractivity contribution < 1.29 is 9.53 Å². The molecule has 1 aliphatic rings. The zero-order chi connectivity index (χ0) is 17.9. The van der Waals surface area contributed by atoms with Crippen LogP contribution in [0.4, 0.5) is 0 Å². The molecule has 132 valence electrons. The summed E-state index contributed by atoms with van der Waals surface area (Å²) in [6, 6.07) is 20.2. The molecule has 0 spiro atoms. The highest BCUT2D eigenvalue weighted by Gasteiger charge is 2.33.